The van der Waals surface area contributed by atoms with Gasteiger partial charge in [-0.15, -0.1) is 0 Å². The number of aliphatic hydroxyl groups is 1. The van der Waals surface area contributed by atoms with Gasteiger partial charge in [-0.25, -0.2) is 0 Å². The SMILES string of the molecule is COc1cccc(CN2[C@@H](CO)[C@H](c3ccccc3)C23CN(Cc2ccccc2OC)C3)c1. The lowest BCUT2D eigenvalue weighted by atomic mass is 9.60. The minimum Gasteiger partial charge on any atom is -0.497 e. The average Bonchev–Trinajstić information content (AvgIpc) is 2.84. The van der Waals surface area contributed by atoms with Crippen LogP contribution in [0.2, 0.25) is 0 Å². The van der Waals surface area contributed by atoms with Crippen molar-refractivity contribution in [3.05, 3.63) is 95.6 Å². The molecule has 172 valence electrons. The van der Waals surface area contributed by atoms with Gasteiger partial charge in [0.25, 0.3) is 0 Å². The van der Waals surface area contributed by atoms with Crippen LogP contribution < -0.4 is 9.47 Å². The van der Waals surface area contributed by atoms with E-state index < -0.39 is 0 Å². The predicted octanol–water partition coefficient (Wildman–Crippen LogP) is 3.92. The maximum Gasteiger partial charge on any atom is 0.123 e. The van der Waals surface area contributed by atoms with Crippen molar-refractivity contribution in [1.29, 1.82) is 0 Å². The second-order valence-corrected chi connectivity index (χ2v) is 9.18. The van der Waals surface area contributed by atoms with E-state index in [0.29, 0.717) is 5.92 Å². The number of rotatable bonds is 8. The van der Waals surface area contributed by atoms with Gasteiger partial charge in [0.15, 0.2) is 0 Å². The summed E-state index contributed by atoms with van der Waals surface area (Å²) in [6.07, 6.45) is 0. The number of benzene rings is 3. The average molecular weight is 445 g/mol. The van der Waals surface area contributed by atoms with E-state index in [0.717, 1.165) is 37.7 Å². The maximum absolute atomic E-state index is 10.4. The van der Waals surface area contributed by atoms with Crippen LogP contribution in [0.15, 0.2) is 78.9 Å². The Morgan fingerprint density at radius 3 is 2.36 bits per heavy atom. The topological polar surface area (TPSA) is 45.2 Å². The zero-order chi connectivity index (χ0) is 22.8. The smallest absolute Gasteiger partial charge is 0.123 e. The molecule has 3 aromatic carbocycles. The Hall–Kier alpha value is -2.86. The van der Waals surface area contributed by atoms with Gasteiger partial charge in [0.1, 0.15) is 11.5 Å². The molecule has 0 aliphatic carbocycles. The van der Waals surface area contributed by atoms with Gasteiger partial charge in [0, 0.05) is 43.7 Å². The van der Waals surface area contributed by atoms with Crippen LogP contribution >= 0.6 is 0 Å². The number of para-hydroxylation sites is 1. The summed E-state index contributed by atoms with van der Waals surface area (Å²) < 4.78 is 11.0. The van der Waals surface area contributed by atoms with E-state index in [-0.39, 0.29) is 18.2 Å². The minimum absolute atomic E-state index is 0.0137. The minimum atomic E-state index is 0.0137. The van der Waals surface area contributed by atoms with Crippen LogP contribution in [0, 0.1) is 0 Å². The number of methoxy groups -OCH3 is 2. The molecule has 0 aromatic heterocycles. The molecule has 2 fully saturated rings. The first kappa shape index (κ1) is 22.0. The summed E-state index contributed by atoms with van der Waals surface area (Å²) in [4.78, 5) is 5.00. The van der Waals surface area contributed by atoms with Crippen LogP contribution in [0.4, 0.5) is 0 Å². The van der Waals surface area contributed by atoms with Gasteiger partial charge in [0.05, 0.1) is 26.4 Å². The first-order chi connectivity index (χ1) is 16.2. The lowest BCUT2D eigenvalue weighted by molar-refractivity contribution is -0.198. The number of aliphatic hydroxyl groups excluding tert-OH is 1. The van der Waals surface area contributed by atoms with Crippen molar-refractivity contribution < 1.29 is 14.6 Å². The fourth-order valence-corrected chi connectivity index (χ4v) is 5.90. The summed E-state index contributed by atoms with van der Waals surface area (Å²) in [5.74, 6) is 2.12. The van der Waals surface area contributed by atoms with Crippen LogP contribution in [0.25, 0.3) is 0 Å². The van der Waals surface area contributed by atoms with Gasteiger partial charge in [-0.3, -0.25) is 9.80 Å². The molecule has 5 heteroatoms. The van der Waals surface area contributed by atoms with Crippen molar-refractivity contribution in [2.24, 2.45) is 0 Å². The molecule has 0 amide bonds. The Labute approximate surface area is 196 Å². The molecule has 0 saturated carbocycles. The summed E-state index contributed by atoms with van der Waals surface area (Å²) >= 11 is 0. The summed E-state index contributed by atoms with van der Waals surface area (Å²) in [6, 6.07) is 27.3. The highest BCUT2D eigenvalue weighted by atomic mass is 16.5. The fourth-order valence-electron chi connectivity index (χ4n) is 5.90. The van der Waals surface area contributed by atoms with Gasteiger partial charge < -0.3 is 14.6 Å². The van der Waals surface area contributed by atoms with Gasteiger partial charge in [-0.1, -0.05) is 60.7 Å². The van der Waals surface area contributed by atoms with Crippen molar-refractivity contribution in [2.75, 3.05) is 33.9 Å². The molecule has 2 aliphatic rings. The first-order valence-electron chi connectivity index (χ1n) is 11.6. The van der Waals surface area contributed by atoms with Crippen molar-refractivity contribution in [2.45, 2.75) is 30.6 Å². The van der Waals surface area contributed by atoms with E-state index in [4.69, 9.17) is 9.47 Å². The highest BCUT2D eigenvalue weighted by Crippen LogP contribution is 2.54. The van der Waals surface area contributed by atoms with E-state index in [9.17, 15) is 5.11 Å². The second kappa shape index (κ2) is 9.18. The van der Waals surface area contributed by atoms with Crippen molar-refractivity contribution in [1.82, 2.24) is 9.80 Å². The Morgan fingerprint density at radius 2 is 1.64 bits per heavy atom. The van der Waals surface area contributed by atoms with Crippen molar-refractivity contribution in [3.63, 3.8) is 0 Å². The number of hydrogen-bond donors (Lipinski definition) is 1. The normalized spacial score (nSPS) is 21.9. The standard InChI is InChI=1S/C28H32N2O3/c1-32-24-13-8-9-21(15-24)16-30-25(18-31)27(22-10-4-3-5-11-22)28(30)19-29(20-28)17-23-12-6-7-14-26(23)33-2/h3-15,25,27,31H,16-20H2,1-2H3/t25-,27-/m0/s1. The van der Waals surface area contributed by atoms with Gasteiger partial charge in [0.2, 0.25) is 0 Å². The molecule has 1 spiro atoms. The van der Waals surface area contributed by atoms with Crippen LogP contribution in [0.5, 0.6) is 11.5 Å². The lowest BCUT2D eigenvalue weighted by Gasteiger charge is -2.71. The fraction of sp³-hybridized carbons (Fsp3) is 0.357. The van der Waals surface area contributed by atoms with E-state index >= 15 is 0 Å². The Bertz CT molecular complexity index is 1080. The summed E-state index contributed by atoms with van der Waals surface area (Å²) in [5, 5.41) is 10.4. The third-order valence-corrected chi connectivity index (χ3v) is 7.35. The molecular weight excluding hydrogens is 412 g/mol. The van der Waals surface area contributed by atoms with Crippen molar-refractivity contribution in [3.8, 4) is 11.5 Å². The highest BCUT2D eigenvalue weighted by Gasteiger charge is 2.65. The molecule has 0 bridgehead atoms. The largest absolute Gasteiger partial charge is 0.497 e. The third-order valence-electron chi connectivity index (χ3n) is 7.35. The molecule has 2 heterocycles. The first-order valence-corrected chi connectivity index (χ1v) is 11.6. The molecule has 2 atom stereocenters. The molecular formula is C28H32N2O3. The third kappa shape index (κ3) is 3.90. The number of nitrogens with zero attached hydrogens (tertiary/aromatic N) is 2. The lowest BCUT2D eigenvalue weighted by Crippen LogP contribution is -2.83. The zero-order valence-corrected chi connectivity index (χ0v) is 19.4. The zero-order valence-electron chi connectivity index (χ0n) is 19.4. The molecule has 1 N–H and O–H groups in total. The molecule has 0 radical (unpaired) electrons. The Morgan fingerprint density at radius 1 is 0.879 bits per heavy atom. The number of hydrogen-bond acceptors (Lipinski definition) is 5. The monoisotopic (exact) mass is 444 g/mol. The molecule has 33 heavy (non-hydrogen) atoms. The van der Waals surface area contributed by atoms with E-state index in [2.05, 4.69) is 64.4 Å². The van der Waals surface area contributed by atoms with Crippen LogP contribution in [0.3, 0.4) is 0 Å². The van der Waals surface area contributed by atoms with Crippen molar-refractivity contribution >= 4 is 0 Å². The molecule has 2 aliphatic heterocycles. The van der Waals surface area contributed by atoms with E-state index in [1.165, 1.54) is 16.7 Å². The Balaban J connectivity index is 1.41. The molecule has 2 saturated heterocycles. The number of likely N-dealkylation sites (tertiary alicyclic amines) is 2. The van der Waals surface area contributed by atoms with Crippen LogP contribution in [0.1, 0.15) is 22.6 Å². The summed E-state index contributed by atoms with van der Waals surface area (Å²) in [6.45, 7) is 3.74. The van der Waals surface area contributed by atoms with E-state index in [1.54, 1.807) is 14.2 Å². The van der Waals surface area contributed by atoms with Gasteiger partial charge in [-0.05, 0) is 29.3 Å². The second-order valence-electron chi connectivity index (χ2n) is 9.18. The number of ether oxygens (including phenoxy) is 2. The van der Waals surface area contributed by atoms with Gasteiger partial charge in [-0.2, -0.15) is 0 Å². The van der Waals surface area contributed by atoms with Gasteiger partial charge >= 0.3 is 0 Å². The molecule has 5 nitrogen and oxygen atoms in total. The van der Waals surface area contributed by atoms with Crippen LogP contribution in [-0.4, -0.2) is 60.4 Å². The highest BCUT2D eigenvalue weighted by molar-refractivity contribution is 5.39. The molecule has 3 aromatic rings. The quantitative estimate of drug-likeness (QED) is 0.571. The predicted molar refractivity (Wildman–Crippen MR) is 130 cm³/mol. The molecule has 5 rings (SSSR count). The summed E-state index contributed by atoms with van der Waals surface area (Å²) in [7, 11) is 3.43. The maximum atomic E-state index is 10.4. The van der Waals surface area contributed by atoms with Crippen LogP contribution in [-0.2, 0) is 13.1 Å². The Kier molecular flexibility index (Phi) is 6.11. The molecule has 0 unspecified atom stereocenters. The van der Waals surface area contributed by atoms with E-state index in [1.807, 2.05) is 24.3 Å². The summed E-state index contributed by atoms with van der Waals surface area (Å²) in [5.41, 5.74) is 3.75.